The van der Waals surface area contributed by atoms with Crippen LogP contribution in [0.15, 0.2) is 48.9 Å². The predicted molar refractivity (Wildman–Crippen MR) is 89.3 cm³/mol. The smallest absolute Gasteiger partial charge is 0.359 e. The molecule has 0 saturated carbocycles. The molecule has 1 heterocycles. The monoisotopic (exact) mass is 327 g/mol. The molecule has 0 aliphatic rings. The maximum atomic E-state index is 12.1. The second-order valence-corrected chi connectivity index (χ2v) is 5.57. The molecular formula is C18H21N3O3. The molecule has 6 nitrogen and oxygen atoms in total. The highest BCUT2D eigenvalue weighted by atomic mass is 16.5. The van der Waals surface area contributed by atoms with Gasteiger partial charge < -0.3 is 10.1 Å². The first-order valence-electron chi connectivity index (χ1n) is 7.87. The fraction of sp³-hybridized carbons (Fsp3) is 0.333. The van der Waals surface area contributed by atoms with E-state index in [0.717, 1.165) is 12.8 Å². The van der Waals surface area contributed by atoms with Crippen molar-refractivity contribution >= 4 is 11.9 Å². The number of hydrogen-bond donors (Lipinski definition) is 1. The molecule has 2 rings (SSSR count). The summed E-state index contributed by atoms with van der Waals surface area (Å²) in [5.41, 5.74) is 1.30. The second kappa shape index (κ2) is 8.76. The van der Waals surface area contributed by atoms with Crippen molar-refractivity contribution in [3.63, 3.8) is 0 Å². The van der Waals surface area contributed by atoms with Gasteiger partial charge in [-0.15, -0.1) is 0 Å². The first-order chi connectivity index (χ1) is 11.6. The molecule has 2 atom stereocenters. The van der Waals surface area contributed by atoms with Gasteiger partial charge in [-0.2, -0.15) is 0 Å². The van der Waals surface area contributed by atoms with E-state index in [2.05, 4.69) is 27.4 Å². The minimum atomic E-state index is -0.890. The molecule has 1 N–H and O–H groups in total. The third-order valence-corrected chi connectivity index (χ3v) is 3.52. The van der Waals surface area contributed by atoms with Crippen molar-refractivity contribution in [3.8, 4) is 0 Å². The van der Waals surface area contributed by atoms with Gasteiger partial charge in [-0.05, 0) is 32.3 Å². The average Bonchev–Trinajstić information content (AvgIpc) is 2.61. The molecule has 2 aromatic rings. The van der Waals surface area contributed by atoms with E-state index in [9.17, 15) is 9.59 Å². The zero-order valence-corrected chi connectivity index (χ0v) is 13.8. The van der Waals surface area contributed by atoms with Crippen LogP contribution in [0.4, 0.5) is 0 Å². The minimum Gasteiger partial charge on any atom is -0.448 e. The van der Waals surface area contributed by atoms with Crippen molar-refractivity contribution in [3.05, 3.63) is 60.2 Å². The number of benzene rings is 1. The molecule has 1 aromatic heterocycles. The maximum absolute atomic E-state index is 12.1. The van der Waals surface area contributed by atoms with Gasteiger partial charge >= 0.3 is 5.97 Å². The number of esters is 1. The molecule has 0 aliphatic heterocycles. The first kappa shape index (κ1) is 17.6. The second-order valence-electron chi connectivity index (χ2n) is 5.57. The van der Waals surface area contributed by atoms with Gasteiger partial charge in [0.2, 0.25) is 0 Å². The molecule has 0 fully saturated rings. The number of nitrogens with one attached hydrogen (secondary N) is 1. The Balaban J connectivity index is 1.77. The molecule has 0 saturated heterocycles. The van der Waals surface area contributed by atoms with Crippen molar-refractivity contribution in [2.75, 3.05) is 0 Å². The fourth-order valence-corrected chi connectivity index (χ4v) is 2.14. The first-order valence-corrected chi connectivity index (χ1v) is 7.87. The Morgan fingerprint density at radius 1 is 1.17 bits per heavy atom. The van der Waals surface area contributed by atoms with Crippen LogP contribution in [0.1, 0.15) is 36.3 Å². The zero-order valence-electron chi connectivity index (χ0n) is 13.8. The Labute approximate surface area is 141 Å². The summed E-state index contributed by atoms with van der Waals surface area (Å²) < 4.78 is 5.11. The number of hydrogen-bond acceptors (Lipinski definition) is 5. The highest BCUT2D eigenvalue weighted by molar-refractivity contribution is 5.90. The SMILES string of the molecule is C[C@@H](CCc1ccccc1)NC(=O)[C@@H](C)OC(=O)c1cnccn1. The minimum absolute atomic E-state index is 0.0182. The Morgan fingerprint density at radius 2 is 1.92 bits per heavy atom. The molecule has 126 valence electrons. The standard InChI is InChI=1S/C18H21N3O3/c1-13(8-9-15-6-4-3-5-7-15)21-17(22)14(2)24-18(23)16-12-19-10-11-20-16/h3-7,10-14H,8-9H2,1-2H3,(H,21,22)/t13-,14+/m0/s1. The zero-order chi connectivity index (χ0) is 17.4. The van der Waals surface area contributed by atoms with Gasteiger partial charge in [0.15, 0.2) is 11.8 Å². The van der Waals surface area contributed by atoms with Crippen LogP contribution in [0.5, 0.6) is 0 Å². The summed E-state index contributed by atoms with van der Waals surface area (Å²) in [4.78, 5) is 31.6. The Kier molecular flexibility index (Phi) is 6.42. The molecule has 6 heteroatoms. The van der Waals surface area contributed by atoms with E-state index in [1.54, 1.807) is 0 Å². The Bertz CT molecular complexity index is 662. The van der Waals surface area contributed by atoms with E-state index in [1.165, 1.54) is 31.1 Å². The highest BCUT2D eigenvalue weighted by Crippen LogP contribution is 2.06. The highest BCUT2D eigenvalue weighted by Gasteiger charge is 2.21. The molecular weight excluding hydrogens is 306 g/mol. The molecule has 1 aromatic carbocycles. The van der Waals surface area contributed by atoms with Gasteiger partial charge in [0.05, 0.1) is 6.20 Å². The summed E-state index contributed by atoms with van der Waals surface area (Å²) in [6.07, 6.45) is 4.94. The molecule has 0 aliphatic carbocycles. The van der Waals surface area contributed by atoms with Crippen LogP contribution in [-0.2, 0) is 16.0 Å². The van der Waals surface area contributed by atoms with Crippen molar-refractivity contribution in [1.29, 1.82) is 0 Å². The lowest BCUT2D eigenvalue weighted by atomic mass is 10.1. The number of aryl methyl sites for hydroxylation is 1. The summed E-state index contributed by atoms with van der Waals surface area (Å²) >= 11 is 0. The lowest BCUT2D eigenvalue weighted by molar-refractivity contribution is -0.129. The molecule has 0 spiro atoms. The molecule has 0 unspecified atom stereocenters. The summed E-state index contributed by atoms with van der Waals surface area (Å²) in [7, 11) is 0. The third kappa shape index (κ3) is 5.46. The van der Waals surface area contributed by atoms with Gasteiger partial charge in [-0.25, -0.2) is 9.78 Å². The van der Waals surface area contributed by atoms with Crippen molar-refractivity contribution in [1.82, 2.24) is 15.3 Å². The van der Waals surface area contributed by atoms with E-state index in [1.807, 2.05) is 25.1 Å². The van der Waals surface area contributed by atoms with Crippen LogP contribution in [-0.4, -0.2) is 34.0 Å². The van der Waals surface area contributed by atoms with E-state index in [0.29, 0.717) is 0 Å². The van der Waals surface area contributed by atoms with Crippen LogP contribution in [0.25, 0.3) is 0 Å². The third-order valence-electron chi connectivity index (χ3n) is 3.52. The summed E-state index contributed by atoms with van der Waals surface area (Å²) in [5, 5.41) is 2.85. The summed E-state index contributed by atoms with van der Waals surface area (Å²) in [6, 6.07) is 10.1. The lowest BCUT2D eigenvalue weighted by Crippen LogP contribution is -2.41. The van der Waals surface area contributed by atoms with E-state index >= 15 is 0 Å². The number of ether oxygens (including phenoxy) is 1. The van der Waals surface area contributed by atoms with Crippen LogP contribution < -0.4 is 5.32 Å². The van der Waals surface area contributed by atoms with Gasteiger partial charge in [0.25, 0.3) is 5.91 Å². The quantitative estimate of drug-likeness (QED) is 0.788. The van der Waals surface area contributed by atoms with Gasteiger partial charge in [-0.1, -0.05) is 30.3 Å². The maximum Gasteiger partial charge on any atom is 0.359 e. The normalized spacial score (nSPS) is 12.9. The Morgan fingerprint density at radius 3 is 2.58 bits per heavy atom. The number of carbonyl (C=O) groups excluding carboxylic acids is 2. The van der Waals surface area contributed by atoms with Gasteiger partial charge in [0.1, 0.15) is 0 Å². The van der Waals surface area contributed by atoms with Crippen molar-refractivity contribution < 1.29 is 14.3 Å². The van der Waals surface area contributed by atoms with E-state index < -0.39 is 12.1 Å². The molecule has 1 amide bonds. The van der Waals surface area contributed by atoms with Crippen LogP contribution in [0.2, 0.25) is 0 Å². The molecule has 24 heavy (non-hydrogen) atoms. The fourth-order valence-electron chi connectivity index (χ4n) is 2.14. The van der Waals surface area contributed by atoms with Gasteiger partial charge in [0, 0.05) is 18.4 Å². The number of carbonyl (C=O) groups is 2. The number of rotatable bonds is 7. The van der Waals surface area contributed by atoms with Crippen LogP contribution in [0, 0.1) is 0 Å². The largest absolute Gasteiger partial charge is 0.448 e. The average molecular weight is 327 g/mol. The van der Waals surface area contributed by atoms with E-state index in [4.69, 9.17) is 4.74 Å². The lowest BCUT2D eigenvalue weighted by Gasteiger charge is -2.17. The number of nitrogens with zero attached hydrogens (tertiary/aromatic N) is 2. The van der Waals surface area contributed by atoms with Crippen molar-refractivity contribution in [2.45, 2.75) is 38.8 Å². The van der Waals surface area contributed by atoms with Gasteiger partial charge in [-0.3, -0.25) is 9.78 Å². The molecule has 0 bridgehead atoms. The number of amides is 1. The number of aromatic nitrogens is 2. The topological polar surface area (TPSA) is 81.2 Å². The van der Waals surface area contributed by atoms with Crippen LogP contribution in [0.3, 0.4) is 0 Å². The van der Waals surface area contributed by atoms with Crippen LogP contribution >= 0.6 is 0 Å². The predicted octanol–water partition coefficient (Wildman–Crippen LogP) is 2.16. The van der Waals surface area contributed by atoms with Crippen molar-refractivity contribution in [2.24, 2.45) is 0 Å². The summed E-state index contributed by atoms with van der Waals surface area (Å²) in [5.74, 6) is -0.990. The molecule has 0 radical (unpaired) electrons. The Hall–Kier alpha value is -2.76. The summed E-state index contributed by atoms with van der Waals surface area (Å²) in [6.45, 7) is 3.46. The van der Waals surface area contributed by atoms with E-state index in [-0.39, 0.29) is 17.6 Å².